The molecule has 7 nitrogen and oxygen atoms in total. The third-order valence-electron chi connectivity index (χ3n) is 2.69. The molecular weight excluding hydrogens is 284 g/mol. The first-order valence-electron chi connectivity index (χ1n) is 5.94. The maximum absolute atomic E-state index is 11.7. The smallest absolute Gasteiger partial charge is 0.261 e. The molecular formula is C12H18N2O5S. The van der Waals surface area contributed by atoms with Crippen molar-refractivity contribution < 1.29 is 24.9 Å². The number of aryl methyl sites for hydroxylation is 1. The molecule has 0 aliphatic heterocycles. The highest BCUT2D eigenvalue weighted by molar-refractivity contribution is 7.13. The Hall–Kier alpha value is -1.48. The highest BCUT2D eigenvalue weighted by Gasteiger charge is 2.29. The van der Waals surface area contributed by atoms with Gasteiger partial charge in [-0.25, -0.2) is 0 Å². The van der Waals surface area contributed by atoms with Crippen LogP contribution in [0.5, 0.6) is 0 Å². The van der Waals surface area contributed by atoms with Gasteiger partial charge in [-0.15, -0.1) is 11.3 Å². The Morgan fingerprint density at radius 2 is 1.80 bits per heavy atom. The van der Waals surface area contributed by atoms with E-state index in [9.17, 15) is 9.59 Å². The molecule has 1 heterocycles. The summed E-state index contributed by atoms with van der Waals surface area (Å²) in [5.41, 5.74) is -1.48. The minimum absolute atomic E-state index is 0.308. The van der Waals surface area contributed by atoms with Crippen LogP contribution in [0.3, 0.4) is 0 Å². The first-order valence-corrected chi connectivity index (χ1v) is 6.76. The van der Waals surface area contributed by atoms with Crippen molar-refractivity contribution in [3.63, 3.8) is 0 Å². The monoisotopic (exact) mass is 302 g/mol. The Balaban J connectivity index is 2.49. The molecule has 1 aromatic heterocycles. The zero-order chi connectivity index (χ0) is 15.2. The Kier molecular flexibility index (Phi) is 6.08. The largest absolute Gasteiger partial charge is 0.394 e. The second-order valence-electron chi connectivity index (χ2n) is 4.40. The van der Waals surface area contributed by atoms with Crippen LogP contribution in [0.4, 0.5) is 0 Å². The van der Waals surface area contributed by atoms with Crippen molar-refractivity contribution >= 4 is 23.2 Å². The molecule has 0 unspecified atom stereocenters. The van der Waals surface area contributed by atoms with Crippen molar-refractivity contribution in [2.45, 2.75) is 12.5 Å². The zero-order valence-electron chi connectivity index (χ0n) is 11.0. The third kappa shape index (κ3) is 4.27. The summed E-state index contributed by atoms with van der Waals surface area (Å²) < 4.78 is 0. The van der Waals surface area contributed by atoms with Crippen molar-refractivity contribution in [1.82, 2.24) is 10.6 Å². The van der Waals surface area contributed by atoms with Crippen molar-refractivity contribution in [2.24, 2.45) is 0 Å². The van der Waals surface area contributed by atoms with E-state index < -0.39 is 31.3 Å². The maximum Gasteiger partial charge on any atom is 0.261 e. The first kappa shape index (κ1) is 16.6. The Morgan fingerprint density at radius 3 is 2.25 bits per heavy atom. The summed E-state index contributed by atoms with van der Waals surface area (Å²) in [5, 5.41) is 31.9. The van der Waals surface area contributed by atoms with Gasteiger partial charge in [0.05, 0.1) is 31.2 Å². The number of amides is 2. The number of aliphatic hydroxyl groups is 3. The number of hydrogen-bond acceptors (Lipinski definition) is 6. The standard InChI is InChI=1S/C12H18N2O5S/c1-8-2-3-9(20-8)11(19)13-4-10(18)14-12(5-15,6-16)7-17/h2-3,15-17H,4-7H2,1H3,(H,13,19)(H,14,18). The van der Waals surface area contributed by atoms with Gasteiger partial charge in [0.25, 0.3) is 5.91 Å². The lowest BCUT2D eigenvalue weighted by molar-refractivity contribution is -0.124. The van der Waals surface area contributed by atoms with Crippen molar-refractivity contribution in [1.29, 1.82) is 0 Å². The van der Waals surface area contributed by atoms with E-state index in [2.05, 4.69) is 10.6 Å². The molecule has 0 spiro atoms. The fourth-order valence-electron chi connectivity index (χ4n) is 1.41. The summed E-state index contributed by atoms with van der Waals surface area (Å²) in [6.45, 7) is -0.263. The van der Waals surface area contributed by atoms with Gasteiger partial charge in [-0.05, 0) is 19.1 Å². The maximum atomic E-state index is 11.7. The van der Waals surface area contributed by atoms with Crippen LogP contribution in [-0.4, -0.2) is 59.0 Å². The molecule has 20 heavy (non-hydrogen) atoms. The van der Waals surface area contributed by atoms with E-state index in [4.69, 9.17) is 15.3 Å². The molecule has 8 heteroatoms. The fourth-order valence-corrected chi connectivity index (χ4v) is 2.20. The summed E-state index contributed by atoms with van der Waals surface area (Å²) in [5.74, 6) is -0.982. The molecule has 2 amide bonds. The topological polar surface area (TPSA) is 119 Å². The van der Waals surface area contributed by atoms with Gasteiger partial charge >= 0.3 is 0 Å². The predicted octanol–water partition coefficient (Wildman–Crippen LogP) is -1.38. The van der Waals surface area contributed by atoms with Crippen LogP contribution >= 0.6 is 11.3 Å². The highest BCUT2D eigenvalue weighted by Crippen LogP contribution is 2.14. The average Bonchev–Trinajstić information content (AvgIpc) is 2.89. The van der Waals surface area contributed by atoms with Crippen LogP contribution in [0.25, 0.3) is 0 Å². The molecule has 1 rings (SSSR count). The first-order chi connectivity index (χ1) is 9.46. The van der Waals surface area contributed by atoms with Gasteiger partial charge in [0, 0.05) is 4.88 Å². The average molecular weight is 302 g/mol. The van der Waals surface area contributed by atoms with E-state index in [0.717, 1.165) is 4.88 Å². The summed E-state index contributed by atoms with van der Waals surface area (Å²) >= 11 is 1.31. The van der Waals surface area contributed by atoms with Gasteiger partial charge in [-0.3, -0.25) is 9.59 Å². The van der Waals surface area contributed by atoms with Crippen LogP contribution < -0.4 is 10.6 Å². The normalized spacial score (nSPS) is 11.2. The molecule has 1 aromatic rings. The summed E-state index contributed by atoms with van der Waals surface area (Å²) in [7, 11) is 0. The lowest BCUT2D eigenvalue weighted by Gasteiger charge is -2.28. The molecule has 0 aromatic carbocycles. The van der Waals surface area contributed by atoms with Crippen LogP contribution in [-0.2, 0) is 4.79 Å². The Labute approximate surface area is 120 Å². The zero-order valence-corrected chi connectivity index (χ0v) is 11.9. The highest BCUT2D eigenvalue weighted by atomic mass is 32.1. The van der Waals surface area contributed by atoms with Crippen LogP contribution in [0, 0.1) is 6.92 Å². The van der Waals surface area contributed by atoms with E-state index >= 15 is 0 Å². The minimum Gasteiger partial charge on any atom is -0.394 e. The summed E-state index contributed by atoms with van der Waals surface area (Å²) in [4.78, 5) is 24.8. The lowest BCUT2D eigenvalue weighted by Crippen LogP contribution is -2.58. The minimum atomic E-state index is -1.48. The molecule has 112 valence electrons. The molecule has 0 aliphatic rings. The number of nitrogens with one attached hydrogen (secondary N) is 2. The molecule has 0 saturated heterocycles. The Bertz CT molecular complexity index is 462. The van der Waals surface area contributed by atoms with Crippen LogP contribution in [0.15, 0.2) is 12.1 Å². The number of thiophene rings is 1. The lowest BCUT2D eigenvalue weighted by atomic mass is 10.0. The van der Waals surface area contributed by atoms with E-state index in [1.54, 1.807) is 12.1 Å². The van der Waals surface area contributed by atoms with Gasteiger partial charge in [-0.1, -0.05) is 0 Å². The van der Waals surface area contributed by atoms with Crippen molar-refractivity contribution in [3.05, 3.63) is 21.9 Å². The second-order valence-corrected chi connectivity index (χ2v) is 5.68. The van der Waals surface area contributed by atoms with Gasteiger partial charge in [-0.2, -0.15) is 0 Å². The van der Waals surface area contributed by atoms with Crippen LogP contribution in [0.1, 0.15) is 14.5 Å². The SMILES string of the molecule is Cc1ccc(C(=O)NCC(=O)NC(CO)(CO)CO)s1. The molecule has 0 atom stereocenters. The fraction of sp³-hybridized carbons (Fsp3) is 0.500. The van der Waals surface area contributed by atoms with Gasteiger partial charge < -0.3 is 26.0 Å². The van der Waals surface area contributed by atoms with Gasteiger partial charge in [0.15, 0.2) is 0 Å². The number of rotatable bonds is 7. The van der Waals surface area contributed by atoms with Crippen molar-refractivity contribution in [2.75, 3.05) is 26.4 Å². The molecule has 0 radical (unpaired) electrons. The molecule has 0 saturated carbocycles. The summed E-state index contributed by atoms with van der Waals surface area (Å²) in [6, 6.07) is 3.46. The Morgan fingerprint density at radius 1 is 1.20 bits per heavy atom. The van der Waals surface area contributed by atoms with Crippen molar-refractivity contribution in [3.8, 4) is 0 Å². The predicted molar refractivity (Wildman–Crippen MR) is 73.5 cm³/mol. The van der Waals surface area contributed by atoms with Gasteiger partial charge in [0.2, 0.25) is 5.91 Å². The summed E-state index contributed by atoms with van der Waals surface area (Å²) in [6.07, 6.45) is 0. The molecule has 0 fully saturated rings. The number of carbonyl (C=O) groups excluding carboxylic acids is 2. The number of aliphatic hydroxyl groups excluding tert-OH is 3. The number of hydrogen-bond donors (Lipinski definition) is 5. The van der Waals surface area contributed by atoms with Crippen LogP contribution in [0.2, 0.25) is 0 Å². The quantitative estimate of drug-likeness (QED) is 0.425. The van der Waals surface area contributed by atoms with E-state index in [1.807, 2.05) is 6.92 Å². The molecule has 0 bridgehead atoms. The van der Waals surface area contributed by atoms with Gasteiger partial charge in [0.1, 0.15) is 5.54 Å². The second kappa shape index (κ2) is 7.34. The van der Waals surface area contributed by atoms with E-state index in [0.29, 0.717) is 4.88 Å². The molecule has 5 N–H and O–H groups in total. The van der Waals surface area contributed by atoms with E-state index in [-0.39, 0.29) is 12.5 Å². The third-order valence-corrected chi connectivity index (χ3v) is 3.69. The molecule has 0 aliphatic carbocycles. The van der Waals surface area contributed by atoms with E-state index in [1.165, 1.54) is 11.3 Å². The number of carbonyl (C=O) groups is 2.